The lowest BCUT2D eigenvalue weighted by Gasteiger charge is -2.14. The highest BCUT2D eigenvalue weighted by Crippen LogP contribution is 2.21. The summed E-state index contributed by atoms with van der Waals surface area (Å²) in [6.45, 7) is 4.18. The van der Waals surface area contributed by atoms with E-state index in [0.717, 1.165) is 5.56 Å². The topological polar surface area (TPSA) is 46.9 Å². The fourth-order valence-electron chi connectivity index (χ4n) is 2.11. The summed E-state index contributed by atoms with van der Waals surface area (Å²) in [5.74, 6) is -0.338. The molecule has 2 aromatic rings. The summed E-state index contributed by atoms with van der Waals surface area (Å²) in [6, 6.07) is 4.99. The van der Waals surface area contributed by atoms with Crippen LogP contribution in [0.5, 0.6) is 0 Å². The molecule has 0 aliphatic rings. The van der Waals surface area contributed by atoms with Gasteiger partial charge in [0.05, 0.1) is 11.8 Å². The van der Waals surface area contributed by atoms with Gasteiger partial charge in [0, 0.05) is 25.4 Å². The van der Waals surface area contributed by atoms with Crippen LogP contribution in [0.3, 0.4) is 0 Å². The summed E-state index contributed by atoms with van der Waals surface area (Å²) < 4.78 is 15.5. The van der Waals surface area contributed by atoms with E-state index in [1.165, 1.54) is 12.3 Å². The van der Waals surface area contributed by atoms with Gasteiger partial charge in [0.2, 0.25) is 0 Å². The number of nitrogens with zero attached hydrogens (tertiary/aromatic N) is 2. The van der Waals surface area contributed by atoms with Gasteiger partial charge in [-0.1, -0.05) is 26.0 Å². The van der Waals surface area contributed by atoms with Gasteiger partial charge in [-0.05, 0) is 17.5 Å². The van der Waals surface area contributed by atoms with Crippen LogP contribution in [0, 0.1) is 5.82 Å². The van der Waals surface area contributed by atoms with Crippen LogP contribution >= 0.6 is 0 Å². The Bertz CT molecular complexity index is 619. The minimum absolute atomic E-state index is 0.175. The van der Waals surface area contributed by atoms with Crippen molar-refractivity contribution >= 4 is 5.91 Å². The highest BCUT2D eigenvalue weighted by atomic mass is 19.1. The smallest absolute Gasteiger partial charge is 0.254 e. The van der Waals surface area contributed by atoms with Crippen molar-refractivity contribution in [3.05, 3.63) is 53.1 Å². The number of aromatic nitrogens is 2. The lowest BCUT2D eigenvalue weighted by Crippen LogP contribution is -2.24. The van der Waals surface area contributed by atoms with Gasteiger partial charge in [0.1, 0.15) is 5.82 Å². The second-order valence-corrected chi connectivity index (χ2v) is 5.05. The first-order valence-electron chi connectivity index (χ1n) is 6.53. The zero-order chi connectivity index (χ0) is 14.7. The zero-order valence-corrected chi connectivity index (χ0v) is 11.9. The van der Waals surface area contributed by atoms with Crippen molar-refractivity contribution < 1.29 is 9.18 Å². The largest absolute Gasteiger partial charge is 0.348 e. The van der Waals surface area contributed by atoms with Gasteiger partial charge >= 0.3 is 0 Å². The molecular weight excluding hydrogens is 257 g/mol. The van der Waals surface area contributed by atoms with Crippen LogP contribution in [0.25, 0.3) is 0 Å². The molecule has 1 aromatic heterocycles. The average Bonchev–Trinajstić information content (AvgIpc) is 2.83. The molecule has 0 atom stereocenters. The van der Waals surface area contributed by atoms with Crippen LogP contribution < -0.4 is 5.32 Å². The van der Waals surface area contributed by atoms with E-state index in [4.69, 9.17) is 0 Å². The molecular formula is C15H18FN3O. The molecule has 106 valence electrons. The molecule has 0 unspecified atom stereocenters. The van der Waals surface area contributed by atoms with Gasteiger partial charge in [-0.2, -0.15) is 5.10 Å². The number of benzene rings is 1. The third-order valence-electron chi connectivity index (χ3n) is 3.17. The predicted molar refractivity (Wildman–Crippen MR) is 74.9 cm³/mol. The maximum atomic E-state index is 13.9. The molecule has 0 aliphatic carbocycles. The number of hydrogen-bond acceptors (Lipinski definition) is 2. The molecule has 1 aromatic carbocycles. The van der Waals surface area contributed by atoms with E-state index in [0.29, 0.717) is 11.1 Å². The monoisotopic (exact) mass is 275 g/mol. The molecule has 1 N–H and O–H groups in total. The van der Waals surface area contributed by atoms with Crippen molar-refractivity contribution in [1.82, 2.24) is 15.1 Å². The third kappa shape index (κ3) is 3.04. The Morgan fingerprint density at radius 2 is 2.20 bits per heavy atom. The number of halogens is 1. The van der Waals surface area contributed by atoms with Gasteiger partial charge in [-0.25, -0.2) is 4.39 Å². The first kappa shape index (κ1) is 14.2. The maximum absolute atomic E-state index is 13.9. The first-order valence-corrected chi connectivity index (χ1v) is 6.53. The van der Waals surface area contributed by atoms with E-state index >= 15 is 0 Å². The Hall–Kier alpha value is -2.17. The van der Waals surface area contributed by atoms with Crippen molar-refractivity contribution in [1.29, 1.82) is 0 Å². The number of nitrogens with one attached hydrogen (secondary N) is 1. The second kappa shape index (κ2) is 5.86. The zero-order valence-electron chi connectivity index (χ0n) is 11.9. The molecule has 1 amide bonds. The predicted octanol–water partition coefficient (Wildman–Crippen LogP) is 2.61. The maximum Gasteiger partial charge on any atom is 0.254 e. The summed E-state index contributed by atoms with van der Waals surface area (Å²) in [5, 5.41) is 6.67. The number of amides is 1. The fourth-order valence-corrected chi connectivity index (χ4v) is 2.11. The molecule has 0 saturated carbocycles. The Labute approximate surface area is 117 Å². The van der Waals surface area contributed by atoms with Crippen LogP contribution in [-0.4, -0.2) is 15.7 Å². The minimum Gasteiger partial charge on any atom is -0.348 e. The van der Waals surface area contributed by atoms with Crippen LogP contribution in [0.2, 0.25) is 0 Å². The lowest BCUT2D eigenvalue weighted by atomic mass is 9.96. The number of carbonyl (C=O) groups excluding carboxylic acids is 1. The Morgan fingerprint density at radius 3 is 2.80 bits per heavy atom. The van der Waals surface area contributed by atoms with Gasteiger partial charge in [-0.15, -0.1) is 0 Å². The molecule has 4 nitrogen and oxygen atoms in total. The molecule has 5 heteroatoms. The van der Waals surface area contributed by atoms with E-state index in [-0.39, 0.29) is 24.2 Å². The van der Waals surface area contributed by atoms with Crippen molar-refractivity contribution in [3.8, 4) is 0 Å². The Kier molecular flexibility index (Phi) is 4.17. The molecule has 1 heterocycles. The van der Waals surface area contributed by atoms with E-state index in [1.54, 1.807) is 24.0 Å². The van der Waals surface area contributed by atoms with Crippen LogP contribution in [0.4, 0.5) is 4.39 Å². The molecule has 2 rings (SSSR count). The fraction of sp³-hybridized carbons (Fsp3) is 0.333. The summed E-state index contributed by atoms with van der Waals surface area (Å²) in [6.07, 6.45) is 3.11. The number of rotatable bonds is 4. The van der Waals surface area contributed by atoms with E-state index in [2.05, 4.69) is 10.4 Å². The molecule has 0 spiro atoms. The van der Waals surface area contributed by atoms with Crippen LogP contribution in [0.15, 0.2) is 30.6 Å². The summed E-state index contributed by atoms with van der Waals surface area (Å²) in [5.41, 5.74) is 1.92. The molecule has 0 bridgehead atoms. The first-order chi connectivity index (χ1) is 9.49. The van der Waals surface area contributed by atoms with Crippen LogP contribution in [-0.2, 0) is 13.6 Å². The lowest BCUT2D eigenvalue weighted by molar-refractivity contribution is 0.0950. The highest BCUT2D eigenvalue weighted by Gasteiger charge is 2.13. The Morgan fingerprint density at radius 1 is 1.45 bits per heavy atom. The minimum atomic E-state index is -0.289. The van der Waals surface area contributed by atoms with Gasteiger partial charge in [0.25, 0.3) is 5.91 Å². The Balaban J connectivity index is 2.13. The van der Waals surface area contributed by atoms with E-state index in [1.807, 2.05) is 19.9 Å². The SMILES string of the molecule is CC(C)c1cccc(F)c1CNC(=O)c1cnn(C)c1. The number of hydrogen-bond donors (Lipinski definition) is 1. The summed E-state index contributed by atoms with van der Waals surface area (Å²) in [7, 11) is 1.74. The van der Waals surface area contributed by atoms with Crippen molar-refractivity contribution in [2.75, 3.05) is 0 Å². The molecule has 0 fully saturated rings. The van der Waals surface area contributed by atoms with Gasteiger partial charge in [0.15, 0.2) is 0 Å². The van der Waals surface area contributed by atoms with Crippen molar-refractivity contribution in [2.45, 2.75) is 26.3 Å². The highest BCUT2D eigenvalue weighted by molar-refractivity contribution is 5.93. The second-order valence-electron chi connectivity index (χ2n) is 5.05. The number of aryl methyl sites for hydroxylation is 1. The third-order valence-corrected chi connectivity index (χ3v) is 3.17. The normalized spacial score (nSPS) is 10.8. The van der Waals surface area contributed by atoms with E-state index < -0.39 is 0 Å². The van der Waals surface area contributed by atoms with Gasteiger partial charge in [-0.3, -0.25) is 9.48 Å². The van der Waals surface area contributed by atoms with E-state index in [9.17, 15) is 9.18 Å². The molecule has 0 aliphatic heterocycles. The molecule has 20 heavy (non-hydrogen) atoms. The average molecular weight is 275 g/mol. The summed E-state index contributed by atoms with van der Waals surface area (Å²) >= 11 is 0. The number of carbonyl (C=O) groups is 1. The van der Waals surface area contributed by atoms with Crippen molar-refractivity contribution in [2.24, 2.45) is 7.05 Å². The molecule has 0 saturated heterocycles. The standard InChI is InChI=1S/C15H18FN3O/c1-10(2)12-5-4-6-14(16)13(12)8-17-15(20)11-7-18-19(3)9-11/h4-7,9-10H,8H2,1-3H3,(H,17,20). The quantitative estimate of drug-likeness (QED) is 0.932. The van der Waals surface area contributed by atoms with Crippen molar-refractivity contribution in [3.63, 3.8) is 0 Å². The summed E-state index contributed by atoms with van der Waals surface area (Å²) in [4.78, 5) is 11.9. The van der Waals surface area contributed by atoms with Crippen LogP contribution in [0.1, 0.15) is 41.3 Å². The van der Waals surface area contributed by atoms with Gasteiger partial charge < -0.3 is 5.32 Å². The molecule has 0 radical (unpaired) electrons.